The molecule has 0 saturated carbocycles. The molecule has 20 heavy (non-hydrogen) atoms. The molecule has 0 unspecified atom stereocenters. The smallest absolute Gasteiger partial charge is 0.108 e. The van der Waals surface area contributed by atoms with Crippen LogP contribution in [0, 0.1) is 35.5 Å². The standard InChI is InChI=1S/C17H16O3/c18-12-4-1-5-14-20-15-7-11-17-9-3-2-8-16(17)10-6-13-19/h2-3,8-9,18-19H,5,12-15H2. The summed E-state index contributed by atoms with van der Waals surface area (Å²) in [4.78, 5) is 0. The van der Waals surface area contributed by atoms with Gasteiger partial charge in [0.25, 0.3) is 0 Å². The fourth-order valence-electron chi connectivity index (χ4n) is 1.36. The lowest BCUT2D eigenvalue weighted by molar-refractivity contribution is 0.174. The molecule has 0 atom stereocenters. The van der Waals surface area contributed by atoms with Crippen LogP contribution >= 0.6 is 0 Å². The highest BCUT2D eigenvalue weighted by Gasteiger charge is 1.93. The summed E-state index contributed by atoms with van der Waals surface area (Å²) in [6.07, 6.45) is 0.584. The van der Waals surface area contributed by atoms with Gasteiger partial charge in [0.2, 0.25) is 0 Å². The third-order valence-corrected chi connectivity index (χ3v) is 2.20. The summed E-state index contributed by atoms with van der Waals surface area (Å²) in [6.45, 7) is 0.529. The Bertz CT molecular complexity index is 586. The predicted octanol–water partition coefficient (Wildman–Crippen LogP) is 0.784. The Kier molecular flexibility index (Phi) is 8.46. The molecule has 0 aliphatic rings. The van der Waals surface area contributed by atoms with Gasteiger partial charge in [-0.3, -0.25) is 0 Å². The van der Waals surface area contributed by atoms with Gasteiger partial charge >= 0.3 is 0 Å². The second kappa shape index (κ2) is 10.7. The maximum Gasteiger partial charge on any atom is 0.108 e. The van der Waals surface area contributed by atoms with Crippen LogP contribution in [0.4, 0.5) is 0 Å². The van der Waals surface area contributed by atoms with Crippen LogP contribution in [0.5, 0.6) is 0 Å². The zero-order chi connectivity index (χ0) is 14.5. The lowest BCUT2D eigenvalue weighted by atomic mass is 10.1. The van der Waals surface area contributed by atoms with E-state index in [1.165, 1.54) is 0 Å². The number of benzene rings is 1. The van der Waals surface area contributed by atoms with Gasteiger partial charge in [0.1, 0.15) is 19.8 Å². The Morgan fingerprint density at radius 1 is 0.850 bits per heavy atom. The van der Waals surface area contributed by atoms with Crippen LogP contribution in [0.1, 0.15) is 17.5 Å². The van der Waals surface area contributed by atoms with Gasteiger partial charge in [0.05, 0.1) is 6.61 Å². The molecule has 0 spiro atoms. The van der Waals surface area contributed by atoms with Crippen molar-refractivity contribution in [1.29, 1.82) is 0 Å². The van der Waals surface area contributed by atoms with Gasteiger partial charge in [0, 0.05) is 17.5 Å². The van der Waals surface area contributed by atoms with E-state index in [9.17, 15) is 0 Å². The van der Waals surface area contributed by atoms with Crippen LogP contribution in [-0.2, 0) is 4.74 Å². The van der Waals surface area contributed by atoms with Crippen LogP contribution in [0.25, 0.3) is 0 Å². The third kappa shape index (κ3) is 6.64. The second-order valence-electron chi connectivity index (χ2n) is 3.62. The molecule has 0 fully saturated rings. The Morgan fingerprint density at radius 3 is 2.15 bits per heavy atom. The van der Waals surface area contributed by atoms with Gasteiger partial charge in [-0.2, -0.15) is 0 Å². The van der Waals surface area contributed by atoms with E-state index in [1.807, 2.05) is 24.3 Å². The molecular weight excluding hydrogens is 252 g/mol. The van der Waals surface area contributed by atoms with Crippen LogP contribution in [-0.4, -0.2) is 36.6 Å². The fourth-order valence-corrected chi connectivity index (χ4v) is 1.36. The fraction of sp³-hybridized carbons (Fsp3) is 0.294. The average Bonchev–Trinajstić information content (AvgIpc) is 2.49. The Morgan fingerprint density at radius 2 is 1.50 bits per heavy atom. The molecule has 3 nitrogen and oxygen atoms in total. The van der Waals surface area contributed by atoms with Crippen LogP contribution < -0.4 is 0 Å². The van der Waals surface area contributed by atoms with E-state index in [-0.39, 0.29) is 13.2 Å². The molecule has 0 radical (unpaired) electrons. The van der Waals surface area contributed by atoms with E-state index >= 15 is 0 Å². The first-order valence-electron chi connectivity index (χ1n) is 6.20. The van der Waals surface area contributed by atoms with Gasteiger partial charge in [-0.15, -0.1) is 0 Å². The molecule has 1 rings (SSSR count). The van der Waals surface area contributed by atoms with Gasteiger partial charge in [0.15, 0.2) is 0 Å². The molecule has 1 aromatic rings. The molecule has 0 aromatic heterocycles. The second-order valence-corrected chi connectivity index (χ2v) is 3.62. The van der Waals surface area contributed by atoms with Crippen LogP contribution in [0.2, 0.25) is 0 Å². The molecule has 102 valence electrons. The number of hydrogen-bond donors (Lipinski definition) is 2. The first-order chi connectivity index (χ1) is 9.88. The monoisotopic (exact) mass is 268 g/mol. The van der Waals surface area contributed by atoms with E-state index in [0.717, 1.165) is 11.1 Å². The summed E-state index contributed by atoms with van der Waals surface area (Å²) in [5, 5.41) is 17.2. The number of aliphatic hydroxyl groups is 2. The van der Waals surface area contributed by atoms with Crippen molar-refractivity contribution in [2.24, 2.45) is 0 Å². The average molecular weight is 268 g/mol. The molecule has 3 heteroatoms. The van der Waals surface area contributed by atoms with Crippen molar-refractivity contribution in [1.82, 2.24) is 0 Å². The molecule has 0 heterocycles. The van der Waals surface area contributed by atoms with Crippen LogP contribution in [0.15, 0.2) is 24.3 Å². The lowest BCUT2D eigenvalue weighted by Gasteiger charge is -1.96. The number of rotatable bonds is 3. The largest absolute Gasteiger partial charge is 0.384 e. The lowest BCUT2D eigenvalue weighted by Crippen LogP contribution is -1.93. The number of ether oxygens (including phenoxy) is 1. The summed E-state index contributed by atoms with van der Waals surface area (Å²) >= 11 is 0. The summed E-state index contributed by atoms with van der Waals surface area (Å²) in [5.41, 5.74) is 1.61. The maximum absolute atomic E-state index is 8.70. The molecule has 0 saturated heterocycles. The van der Waals surface area contributed by atoms with Gasteiger partial charge in [-0.05, 0) is 12.1 Å². The minimum Gasteiger partial charge on any atom is -0.384 e. The molecule has 2 N–H and O–H groups in total. The third-order valence-electron chi connectivity index (χ3n) is 2.20. The SMILES string of the molecule is OCC#CCCOCC#Cc1ccccc1C#CCO. The molecule has 0 aliphatic heterocycles. The minimum absolute atomic E-state index is 0.120. The van der Waals surface area contributed by atoms with Gasteiger partial charge in [-0.1, -0.05) is 47.7 Å². The minimum atomic E-state index is -0.167. The van der Waals surface area contributed by atoms with Crippen LogP contribution in [0.3, 0.4) is 0 Å². The Balaban J connectivity index is 2.47. The van der Waals surface area contributed by atoms with Crippen molar-refractivity contribution in [2.45, 2.75) is 6.42 Å². The quantitative estimate of drug-likeness (QED) is 0.629. The Hall–Kier alpha value is -2.22. The molecule has 0 bridgehead atoms. The van der Waals surface area contributed by atoms with E-state index in [0.29, 0.717) is 19.6 Å². The van der Waals surface area contributed by atoms with Gasteiger partial charge < -0.3 is 14.9 Å². The summed E-state index contributed by atoms with van der Waals surface area (Å²) < 4.78 is 5.29. The summed E-state index contributed by atoms with van der Waals surface area (Å²) in [6, 6.07) is 7.50. The van der Waals surface area contributed by atoms with Gasteiger partial charge in [-0.25, -0.2) is 0 Å². The van der Waals surface area contributed by atoms with Crippen molar-refractivity contribution < 1.29 is 14.9 Å². The van der Waals surface area contributed by atoms with Crippen molar-refractivity contribution in [2.75, 3.05) is 26.4 Å². The van der Waals surface area contributed by atoms with Crippen molar-refractivity contribution >= 4 is 0 Å². The topological polar surface area (TPSA) is 49.7 Å². The maximum atomic E-state index is 8.70. The van der Waals surface area contributed by atoms with Crippen molar-refractivity contribution in [3.63, 3.8) is 0 Å². The first-order valence-corrected chi connectivity index (χ1v) is 6.20. The summed E-state index contributed by atoms with van der Waals surface area (Å²) in [7, 11) is 0. The molecule has 1 aromatic carbocycles. The molecule has 0 aliphatic carbocycles. The number of hydrogen-bond acceptors (Lipinski definition) is 3. The highest BCUT2D eigenvalue weighted by molar-refractivity contribution is 5.50. The predicted molar refractivity (Wildman–Crippen MR) is 77.6 cm³/mol. The zero-order valence-electron chi connectivity index (χ0n) is 11.1. The number of aliphatic hydroxyl groups excluding tert-OH is 2. The summed E-state index contributed by atoms with van der Waals surface area (Å²) in [5.74, 6) is 16.7. The molecule has 0 amide bonds. The van der Waals surface area contributed by atoms with Crippen molar-refractivity contribution in [3.8, 4) is 35.5 Å². The Labute approximate surface area is 119 Å². The van der Waals surface area contributed by atoms with E-state index in [2.05, 4.69) is 35.5 Å². The highest BCUT2D eigenvalue weighted by Crippen LogP contribution is 2.05. The van der Waals surface area contributed by atoms with E-state index in [4.69, 9.17) is 14.9 Å². The van der Waals surface area contributed by atoms with E-state index < -0.39 is 0 Å². The first kappa shape index (κ1) is 15.8. The normalized spacial score (nSPS) is 8.50. The zero-order valence-corrected chi connectivity index (χ0v) is 11.1. The van der Waals surface area contributed by atoms with E-state index in [1.54, 1.807) is 0 Å². The molecular formula is C17H16O3. The highest BCUT2D eigenvalue weighted by atomic mass is 16.5. The van der Waals surface area contributed by atoms with Crippen molar-refractivity contribution in [3.05, 3.63) is 35.4 Å².